The van der Waals surface area contributed by atoms with Gasteiger partial charge in [0.05, 0.1) is 0 Å². The number of hydrogen-bond acceptors (Lipinski definition) is 5. The Bertz CT molecular complexity index is 459. The largest absolute Gasteiger partial charge is 0.360 e. The number of anilines is 1. The van der Waals surface area contributed by atoms with E-state index in [1.807, 2.05) is 19.3 Å². The van der Waals surface area contributed by atoms with Crippen LogP contribution < -0.4 is 5.32 Å². The Kier molecular flexibility index (Phi) is 3.19. The van der Waals surface area contributed by atoms with E-state index in [1.54, 1.807) is 4.68 Å². The van der Waals surface area contributed by atoms with Crippen molar-refractivity contribution < 1.29 is 0 Å². The molecule has 5 nitrogen and oxygen atoms in total. The molecule has 86 valence electrons. The highest BCUT2D eigenvalue weighted by Gasteiger charge is 2.08. The summed E-state index contributed by atoms with van der Waals surface area (Å²) in [6.45, 7) is 5.23. The third-order valence-corrected chi connectivity index (χ3v) is 2.70. The minimum absolute atomic E-state index is 0.599. The Labute approximate surface area is 98.7 Å². The molecule has 0 aliphatic heterocycles. The van der Waals surface area contributed by atoms with Crippen molar-refractivity contribution in [3.63, 3.8) is 0 Å². The molecule has 0 spiro atoms. The molecular formula is C10H15N5S. The van der Waals surface area contributed by atoms with Crippen LogP contribution in [0.3, 0.4) is 0 Å². The average molecular weight is 237 g/mol. The van der Waals surface area contributed by atoms with Crippen LogP contribution in [0.25, 0.3) is 11.5 Å². The summed E-state index contributed by atoms with van der Waals surface area (Å²) in [5.74, 6) is 1.29. The number of aryl methyl sites for hydroxylation is 1. The summed E-state index contributed by atoms with van der Waals surface area (Å²) >= 11 is 1.37. The van der Waals surface area contributed by atoms with Crippen molar-refractivity contribution in [1.29, 1.82) is 0 Å². The van der Waals surface area contributed by atoms with E-state index in [-0.39, 0.29) is 0 Å². The van der Waals surface area contributed by atoms with Crippen molar-refractivity contribution in [2.45, 2.75) is 13.8 Å². The fourth-order valence-corrected chi connectivity index (χ4v) is 1.81. The van der Waals surface area contributed by atoms with Gasteiger partial charge in [0.25, 0.3) is 0 Å². The van der Waals surface area contributed by atoms with Gasteiger partial charge >= 0.3 is 0 Å². The predicted octanol–water partition coefficient (Wildman–Crippen LogP) is 2.01. The second-order valence-electron chi connectivity index (χ2n) is 4.07. The molecule has 16 heavy (non-hydrogen) atoms. The molecule has 0 saturated heterocycles. The van der Waals surface area contributed by atoms with Gasteiger partial charge in [-0.25, -0.2) is 0 Å². The summed E-state index contributed by atoms with van der Waals surface area (Å²) in [5.41, 5.74) is 0.816. The van der Waals surface area contributed by atoms with Crippen molar-refractivity contribution in [3.8, 4) is 11.5 Å². The van der Waals surface area contributed by atoms with Crippen molar-refractivity contribution >= 4 is 16.7 Å². The summed E-state index contributed by atoms with van der Waals surface area (Å²) in [6, 6.07) is 1.91. The third-order valence-electron chi connectivity index (χ3n) is 2.03. The standard InChI is InChI=1S/C10H15N5S/c1-7(2)6-11-10-12-9(14-16-10)8-4-5-15(3)13-8/h4-5,7H,6H2,1-3H3,(H,11,12,14). The monoisotopic (exact) mass is 237 g/mol. The number of nitrogens with zero attached hydrogens (tertiary/aromatic N) is 4. The third kappa shape index (κ3) is 2.57. The summed E-state index contributed by atoms with van der Waals surface area (Å²) in [5, 5.41) is 8.37. The van der Waals surface area contributed by atoms with Crippen LogP contribution in [0.15, 0.2) is 12.3 Å². The Hall–Kier alpha value is -1.43. The molecule has 0 saturated carbocycles. The van der Waals surface area contributed by atoms with Crippen molar-refractivity contribution in [2.75, 3.05) is 11.9 Å². The van der Waals surface area contributed by atoms with Crippen LogP contribution in [-0.2, 0) is 7.05 Å². The van der Waals surface area contributed by atoms with Crippen LogP contribution in [0.1, 0.15) is 13.8 Å². The molecular weight excluding hydrogens is 222 g/mol. The van der Waals surface area contributed by atoms with Gasteiger partial charge in [-0.2, -0.15) is 14.5 Å². The Morgan fingerprint density at radius 2 is 2.31 bits per heavy atom. The molecule has 0 aliphatic rings. The van der Waals surface area contributed by atoms with E-state index in [4.69, 9.17) is 0 Å². The summed E-state index contributed by atoms with van der Waals surface area (Å²) in [7, 11) is 1.88. The highest BCUT2D eigenvalue weighted by molar-refractivity contribution is 7.09. The van der Waals surface area contributed by atoms with Crippen molar-refractivity contribution in [1.82, 2.24) is 19.1 Å². The van der Waals surface area contributed by atoms with Gasteiger partial charge in [-0.3, -0.25) is 4.68 Å². The first kappa shape index (κ1) is 11.1. The van der Waals surface area contributed by atoms with Gasteiger partial charge in [-0.15, -0.1) is 0 Å². The van der Waals surface area contributed by atoms with Crippen LogP contribution in [-0.4, -0.2) is 25.7 Å². The van der Waals surface area contributed by atoms with Crippen LogP contribution >= 0.6 is 11.5 Å². The smallest absolute Gasteiger partial charge is 0.202 e. The van der Waals surface area contributed by atoms with Crippen molar-refractivity contribution in [2.24, 2.45) is 13.0 Å². The molecule has 0 aliphatic carbocycles. The maximum absolute atomic E-state index is 4.39. The number of nitrogens with one attached hydrogen (secondary N) is 1. The molecule has 2 aromatic heterocycles. The summed E-state index contributed by atoms with van der Waals surface area (Å²) < 4.78 is 6.02. The first-order valence-electron chi connectivity index (χ1n) is 5.23. The fraction of sp³-hybridized carbons (Fsp3) is 0.500. The van der Waals surface area contributed by atoms with Gasteiger partial charge in [0.1, 0.15) is 5.69 Å². The molecule has 0 atom stereocenters. The topological polar surface area (TPSA) is 55.6 Å². The number of aromatic nitrogens is 4. The maximum atomic E-state index is 4.39. The lowest BCUT2D eigenvalue weighted by Crippen LogP contribution is -2.07. The molecule has 0 fully saturated rings. The lowest BCUT2D eigenvalue weighted by atomic mass is 10.2. The molecule has 0 bridgehead atoms. The molecule has 1 N–H and O–H groups in total. The zero-order chi connectivity index (χ0) is 11.5. The van der Waals surface area contributed by atoms with E-state index in [2.05, 4.69) is 33.6 Å². The highest BCUT2D eigenvalue weighted by atomic mass is 32.1. The molecule has 6 heteroatoms. The quantitative estimate of drug-likeness (QED) is 0.883. The van der Waals surface area contributed by atoms with Crippen LogP contribution in [0.2, 0.25) is 0 Å². The van der Waals surface area contributed by atoms with Gasteiger partial charge < -0.3 is 5.32 Å². The van der Waals surface area contributed by atoms with E-state index in [0.29, 0.717) is 11.7 Å². The molecule has 0 radical (unpaired) electrons. The van der Waals surface area contributed by atoms with Crippen LogP contribution in [0, 0.1) is 5.92 Å². The van der Waals surface area contributed by atoms with E-state index >= 15 is 0 Å². The van der Waals surface area contributed by atoms with Gasteiger partial charge in [-0.05, 0) is 12.0 Å². The predicted molar refractivity (Wildman–Crippen MR) is 65.4 cm³/mol. The lowest BCUT2D eigenvalue weighted by Gasteiger charge is -2.03. The normalized spacial score (nSPS) is 11.0. The van der Waals surface area contributed by atoms with E-state index in [0.717, 1.165) is 17.4 Å². The SMILES string of the molecule is CC(C)CNc1nc(-c2ccn(C)n2)ns1. The van der Waals surface area contributed by atoms with Gasteiger partial charge in [0.2, 0.25) is 5.13 Å². The fourth-order valence-electron chi connectivity index (χ4n) is 1.23. The lowest BCUT2D eigenvalue weighted by molar-refractivity contribution is 0.688. The number of hydrogen-bond donors (Lipinski definition) is 1. The van der Waals surface area contributed by atoms with E-state index in [1.165, 1.54) is 11.5 Å². The van der Waals surface area contributed by atoms with Crippen molar-refractivity contribution in [3.05, 3.63) is 12.3 Å². The Balaban J connectivity index is 2.07. The van der Waals surface area contributed by atoms with E-state index in [9.17, 15) is 0 Å². The van der Waals surface area contributed by atoms with Gasteiger partial charge in [0, 0.05) is 31.3 Å². The second kappa shape index (κ2) is 4.61. The molecule has 0 unspecified atom stereocenters. The van der Waals surface area contributed by atoms with Crippen LogP contribution in [0.5, 0.6) is 0 Å². The van der Waals surface area contributed by atoms with E-state index < -0.39 is 0 Å². The average Bonchev–Trinajstić information content (AvgIpc) is 2.83. The highest BCUT2D eigenvalue weighted by Crippen LogP contribution is 2.19. The molecule has 0 amide bonds. The number of rotatable bonds is 4. The molecule has 2 rings (SSSR count). The van der Waals surface area contributed by atoms with Gasteiger partial charge in [-0.1, -0.05) is 13.8 Å². The Morgan fingerprint density at radius 3 is 2.94 bits per heavy atom. The summed E-state index contributed by atoms with van der Waals surface area (Å²) in [4.78, 5) is 4.39. The zero-order valence-corrected chi connectivity index (χ0v) is 10.5. The first-order chi connectivity index (χ1) is 7.65. The minimum atomic E-state index is 0.599. The molecule has 0 aromatic carbocycles. The summed E-state index contributed by atoms with van der Waals surface area (Å²) in [6.07, 6.45) is 1.89. The first-order valence-corrected chi connectivity index (χ1v) is 6.00. The maximum Gasteiger partial charge on any atom is 0.202 e. The van der Waals surface area contributed by atoms with Crippen LogP contribution in [0.4, 0.5) is 5.13 Å². The molecule has 2 aromatic rings. The van der Waals surface area contributed by atoms with Gasteiger partial charge in [0.15, 0.2) is 5.82 Å². The zero-order valence-electron chi connectivity index (χ0n) is 9.64. The Morgan fingerprint density at radius 1 is 1.50 bits per heavy atom. The second-order valence-corrected chi connectivity index (χ2v) is 4.82. The molecule has 2 heterocycles. The minimum Gasteiger partial charge on any atom is -0.360 e.